The largest absolute Gasteiger partial charge is 0.497 e. The third-order valence-electron chi connectivity index (χ3n) is 6.20. The summed E-state index contributed by atoms with van der Waals surface area (Å²) in [6, 6.07) is 26.6. The molecular weight excluding hydrogens is 388 g/mol. The van der Waals surface area contributed by atoms with Gasteiger partial charge in [0.2, 0.25) is 0 Å². The van der Waals surface area contributed by atoms with Gasteiger partial charge in [0.15, 0.2) is 0 Å². The monoisotopic (exact) mass is 415 g/mol. The van der Waals surface area contributed by atoms with E-state index in [-0.39, 0.29) is 6.04 Å². The third-order valence-corrected chi connectivity index (χ3v) is 6.20. The van der Waals surface area contributed by atoms with E-state index < -0.39 is 0 Å². The highest BCUT2D eigenvalue weighted by Crippen LogP contribution is 2.38. The van der Waals surface area contributed by atoms with Gasteiger partial charge in [-0.25, -0.2) is 0 Å². The summed E-state index contributed by atoms with van der Waals surface area (Å²) in [6.45, 7) is 3.27. The number of morpholine rings is 1. The molecule has 5 nitrogen and oxygen atoms in total. The van der Waals surface area contributed by atoms with E-state index in [9.17, 15) is 5.21 Å². The van der Waals surface area contributed by atoms with Crippen LogP contribution in [0.25, 0.3) is 22.2 Å². The maximum absolute atomic E-state index is 11.3. The van der Waals surface area contributed by atoms with E-state index >= 15 is 0 Å². The van der Waals surface area contributed by atoms with Crippen LogP contribution < -0.4 is 9.64 Å². The van der Waals surface area contributed by atoms with Crippen molar-refractivity contribution in [1.29, 1.82) is 0 Å². The van der Waals surface area contributed by atoms with Crippen molar-refractivity contribution in [2.24, 2.45) is 0 Å². The molecular formula is C26H27N2O3+. The van der Waals surface area contributed by atoms with Crippen molar-refractivity contribution in [1.82, 2.24) is 4.73 Å². The predicted octanol–water partition coefficient (Wildman–Crippen LogP) is 3.56. The highest BCUT2D eigenvalue weighted by atomic mass is 16.5. The first-order valence-corrected chi connectivity index (χ1v) is 10.7. The molecule has 0 saturated carbocycles. The van der Waals surface area contributed by atoms with Crippen molar-refractivity contribution in [3.8, 4) is 17.0 Å². The first-order chi connectivity index (χ1) is 15.3. The van der Waals surface area contributed by atoms with E-state index in [1.807, 2.05) is 48.5 Å². The number of aromatic nitrogens is 1. The van der Waals surface area contributed by atoms with Gasteiger partial charge in [-0.1, -0.05) is 60.7 Å². The Hall–Kier alpha value is -3.28. The minimum Gasteiger partial charge on any atom is -0.497 e. The van der Waals surface area contributed by atoms with Gasteiger partial charge in [-0.3, -0.25) is 0 Å². The van der Waals surface area contributed by atoms with Gasteiger partial charge >= 0.3 is 0 Å². The quantitative estimate of drug-likeness (QED) is 0.490. The second-order valence-corrected chi connectivity index (χ2v) is 7.94. The first kappa shape index (κ1) is 19.7. The summed E-state index contributed by atoms with van der Waals surface area (Å²) in [7, 11) is 1.70. The fourth-order valence-electron chi connectivity index (χ4n) is 4.76. The second kappa shape index (κ2) is 8.46. The van der Waals surface area contributed by atoms with Crippen LogP contribution in [0.1, 0.15) is 17.2 Å². The average Bonchev–Trinajstić information content (AvgIpc) is 3.13. The van der Waals surface area contributed by atoms with Crippen LogP contribution in [0.4, 0.5) is 0 Å². The summed E-state index contributed by atoms with van der Waals surface area (Å²) in [5.41, 5.74) is 4.96. The molecule has 4 aromatic rings. The van der Waals surface area contributed by atoms with Crippen LogP contribution in [0.3, 0.4) is 0 Å². The van der Waals surface area contributed by atoms with E-state index in [1.54, 1.807) is 7.11 Å². The van der Waals surface area contributed by atoms with Gasteiger partial charge in [0.05, 0.1) is 37.1 Å². The van der Waals surface area contributed by atoms with Crippen molar-refractivity contribution in [3.05, 3.63) is 90.0 Å². The number of hydrogen-bond acceptors (Lipinski definition) is 3. The predicted molar refractivity (Wildman–Crippen MR) is 121 cm³/mol. The minimum atomic E-state index is 0.0347. The Morgan fingerprint density at radius 1 is 0.935 bits per heavy atom. The lowest BCUT2D eigenvalue weighted by atomic mass is 9.92. The van der Waals surface area contributed by atoms with Crippen LogP contribution in [-0.2, 0) is 4.74 Å². The number of methoxy groups -OCH3 is 1. The number of rotatable bonds is 5. The van der Waals surface area contributed by atoms with Crippen molar-refractivity contribution in [3.63, 3.8) is 0 Å². The number of para-hydroxylation sites is 1. The lowest BCUT2D eigenvalue weighted by Crippen LogP contribution is -3.14. The molecule has 31 heavy (non-hydrogen) atoms. The molecule has 0 aliphatic carbocycles. The van der Waals surface area contributed by atoms with Gasteiger partial charge < -0.3 is 19.6 Å². The van der Waals surface area contributed by atoms with Crippen LogP contribution in [-0.4, -0.2) is 43.4 Å². The van der Waals surface area contributed by atoms with Gasteiger partial charge in [-0.2, -0.15) is 4.73 Å². The van der Waals surface area contributed by atoms with Crippen molar-refractivity contribution in [2.75, 3.05) is 33.4 Å². The van der Waals surface area contributed by atoms with Crippen LogP contribution in [0.15, 0.2) is 78.9 Å². The molecule has 0 bridgehead atoms. The first-order valence-electron chi connectivity index (χ1n) is 10.7. The zero-order valence-corrected chi connectivity index (χ0v) is 17.6. The maximum atomic E-state index is 11.3. The Kier molecular flexibility index (Phi) is 5.37. The molecule has 158 valence electrons. The highest BCUT2D eigenvalue weighted by Gasteiger charge is 2.34. The molecule has 0 amide bonds. The molecule has 1 atom stereocenters. The van der Waals surface area contributed by atoms with Crippen molar-refractivity contribution >= 4 is 10.9 Å². The van der Waals surface area contributed by atoms with E-state index in [2.05, 4.69) is 30.3 Å². The highest BCUT2D eigenvalue weighted by molar-refractivity contribution is 5.92. The van der Waals surface area contributed by atoms with E-state index in [0.717, 1.165) is 59.8 Å². The summed E-state index contributed by atoms with van der Waals surface area (Å²) < 4.78 is 12.6. The molecule has 5 heteroatoms. The molecule has 3 aromatic carbocycles. The summed E-state index contributed by atoms with van der Waals surface area (Å²) >= 11 is 0. The van der Waals surface area contributed by atoms with E-state index in [4.69, 9.17) is 9.47 Å². The maximum Gasteiger partial charge on any atom is 0.142 e. The number of ether oxygens (including phenoxy) is 2. The number of nitrogens with zero attached hydrogens (tertiary/aromatic N) is 1. The lowest BCUT2D eigenvalue weighted by Gasteiger charge is -2.32. The van der Waals surface area contributed by atoms with Gasteiger partial charge in [-0.05, 0) is 18.2 Å². The fraction of sp³-hybridized carbons (Fsp3) is 0.231. The number of fused-ring (bicyclic) bond motifs is 1. The molecule has 1 saturated heterocycles. The SMILES string of the molecule is COc1cccc([C@@H](c2c(-c3ccccc3)n(O)c3ccccc23)[NH+]2CCOCC2)c1. The van der Waals surface area contributed by atoms with E-state index in [0.29, 0.717) is 0 Å². The molecule has 5 rings (SSSR count). The number of quaternary nitrogens is 1. The summed E-state index contributed by atoms with van der Waals surface area (Å²) in [6.07, 6.45) is 0. The third kappa shape index (κ3) is 3.56. The molecule has 1 fully saturated rings. The topological polar surface area (TPSA) is 48.1 Å². The van der Waals surface area contributed by atoms with Crippen molar-refractivity contribution in [2.45, 2.75) is 6.04 Å². The molecule has 1 aromatic heterocycles. The summed E-state index contributed by atoms with van der Waals surface area (Å²) in [4.78, 5) is 1.42. The second-order valence-electron chi connectivity index (χ2n) is 7.94. The van der Waals surface area contributed by atoms with Crippen LogP contribution in [0, 0.1) is 0 Å². The zero-order chi connectivity index (χ0) is 21.2. The zero-order valence-electron chi connectivity index (χ0n) is 17.6. The number of nitrogens with one attached hydrogen (secondary N) is 1. The smallest absolute Gasteiger partial charge is 0.142 e. The van der Waals surface area contributed by atoms with Gasteiger partial charge in [-0.15, -0.1) is 0 Å². The standard InChI is InChI=1S/C26H26N2O3/c1-30-21-11-7-10-20(18-21)25(27-14-16-31-17-15-27)24-22-12-5-6-13-23(22)28(29)26(24)19-8-3-2-4-9-19/h2-13,18,25,29H,14-17H2,1H3/p+1/t25-/m0/s1. The molecule has 0 radical (unpaired) electrons. The molecule has 1 aliphatic rings. The van der Waals surface area contributed by atoms with Gasteiger partial charge in [0.25, 0.3) is 0 Å². The molecule has 2 N–H and O–H groups in total. The number of benzene rings is 3. The van der Waals surface area contributed by atoms with Gasteiger partial charge in [0.1, 0.15) is 24.9 Å². The molecule has 0 unspecified atom stereocenters. The minimum absolute atomic E-state index is 0.0347. The Labute approximate surface area is 182 Å². The number of hydrogen-bond donors (Lipinski definition) is 2. The molecule has 0 spiro atoms. The Morgan fingerprint density at radius 3 is 2.45 bits per heavy atom. The Balaban J connectivity index is 1.80. The van der Waals surface area contributed by atoms with Crippen LogP contribution in [0.2, 0.25) is 0 Å². The molecule has 1 aliphatic heterocycles. The van der Waals surface area contributed by atoms with Crippen LogP contribution >= 0.6 is 0 Å². The average molecular weight is 416 g/mol. The van der Waals surface area contributed by atoms with Gasteiger partial charge in [0, 0.05) is 16.5 Å². The lowest BCUT2D eigenvalue weighted by molar-refractivity contribution is -0.932. The summed E-state index contributed by atoms with van der Waals surface area (Å²) in [5.74, 6) is 0.837. The fourth-order valence-corrected chi connectivity index (χ4v) is 4.76. The van der Waals surface area contributed by atoms with Crippen molar-refractivity contribution < 1.29 is 19.6 Å². The van der Waals surface area contributed by atoms with E-state index in [1.165, 1.54) is 15.2 Å². The Morgan fingerprint density at radius 2 is 1.68 bits per heavy atom. The van der Waals surface area contributed by atoms with Crippen LogP contribution in [0.5, 0.6) is 5.75 Å². The summed E-state index contributed by atoms with van der Waals surface area (Å²) in [5, 5.41) is 12.3. The normalized spacial score (nSPS) is 15.8. The Bertz CT molecular complexity index is 1180. The molecule has 2 heterocycles.